The molecule has 4 aromatic carbocycles. The summed E-state index contributed by atoms with van der Waals surface area (Å²) in [6, 6.07) is 26.1. The number of ketones is 1. The van der Waals surface area contributed by atoms with Crippen LogP contribution >= 0.6 is 0 Å². The number of anilines is 2. The SMILES string of the molecule is O=C(c1ccccc1)c1ccc(OC(=O)C2C3C(=O)N(c4ccc5c(c4)OCCO5)C(=O)C3C3C=Cc4ccccc4N32)cc1. The fourth-order valence-corrected chi connectivity index (χ4v) is 6.82. The van der Waals surface area contributed by atoms with Crippen LogP contribution in [0.4, 0.5) is 11.4 Å². The molecule has 0 radical (unpaired) electrons. The number of para-hydroxylation sites is 1. The van der Waals surface area contributed by atoms with E-state index in [-0.39, 0.29) is 17.4 Å². The zero-order valence-corrected chi connectivity index (χ0v) is 23.9. The van der Waals surface area contributed by atoms with Crippen molar-refractivity contribution in [3.63, 3.8) is 0 Å². The topological polar surface area (TPSA) is 102 Å². The summed E-state index contributed by atoms with van der Waals surface area (Å²) in [5.74, 6) is -2.25. The fraction of sp³-hybridized carbons (Fsp3) is 0.167. The van der Waals surface area contributed by atoms with Gasteiger partial charge in [-0.1, -0.05) is 60.7 Å². The lowest BCUT2D eigenvalue weighted by Crippen LogP contribution is -2.50. The summed E-state index contributed by atoms with van der Waals surface area (Å²) in [6.45, 7) is 0.777. The van der Waals surface area contributed by atoms with Gasteiger partial charge in [-0.25, -0.2) is 9.69 Å². The zero-order chi connectivity index (χ0) is 30.7. The number of esters is 1. The molecule has 0 spiro atoms. The minimum absolute atomic E-state index is 0.152. The van der Waals surface area contributed by atoms with E-state index in [4.69, 9.17) is 14.2 Å². The van der Waals surface area contributed by atoms with Crippen LogP contribution in [0.1, 0.15) is 21.5 Å². The Morgan fingerprint density at radius 2 is 1.42 bits per heavy atom. The first kappa shape index (κ1) is 26.9. The first-order chi connectivity index (χ1) is 22.0. The molecular weight excluding hydrogens is 572 g/mol. The van der Waals surface area contributed by atoms with E-state index in [1.165, 1.54) is 0 Å². The van der Waals surface area contributed by atoms with Gasteiger partial charge in [-0.2, -0.15) is 0 Å². The van der Waals surface area contributed by atoms with Crippen LogP contribution in [-0.4, -0.2) is 48.9 Å². The van der Waals surface area contributed by atoms with Crippen molar-refractivity contribution in [2.45, 2.75) is 12.1 Å². The first-order valence-corrected chi connectivity index (χ1v) is 14.7. The standard InChI is InChI=1S/C36H26N2O7/c39-33(22-7-2-1-3-8-22)23-10-14-25(15-11-23)45-36(42)32-31-30(27-16-12-21-6-4-5-9-26(21)38(27)32)34(40)37(35(31)41)24-13-17-28-29(20-24)44-19-18-43-28/h1-17,20,27,30-32H,18-19H2. The third-order valence-corrected chi connectivity index (χ3v) is 8.81. The number of benzene rings is 4. The molecule has 4 heterocycles. The smallest absolute Gasteiger partial charge is 0.335 e. The van der Waals surface area contributed by atoms with Gasteiger partial charge in [0.25, 0.3) is 0 Å². The Morgan fingerprint density at radius 1 is 0.733 bits per heavy atom. The summed E-state index contributed by atoms with van der Waals surface area (Å²) in [6.07, 6.45) is 3.81. The molecule has 4 aromatic rings. The maximum atomic E-state index is 14.2. The monoisotopic (exact) mass is 598 g/mol. The van der Waals surface area contributed by atoms with E-state index in [0.717, 1.165) is 16.2 Å². The highest BCUT2D eigenvalue weighted by molar-refractivity contribution is 6.24. The Hall–Kier alpha value is -5.70. The van der Waals surface area contributed by atoms with E-state index >= 15 is 0 Å². The average molecular weight is 599 g/mol. The van der Waals surface area contributed by atoms with E-state index in [2.05, 4.69) is 0 Å². The summed E-state index contributed by atoms with van der Waals surface area (Å²) < 4.78 is 17.2. The fourth-order valence-electron chi connectivity index (χ4n) is 6.82. The predicted octanol–water partition coefficient (Wildman–Crippen LogP) is 4.68. The molecule has 222 valence electrons. The van der Waals surface area contributed by atoms with Crippen LogP contribution in [0.3, 0.4) is 0 Å². The second kappa shape index (κ2) is 10.5. The lowest BCUT2D eigenvalue weighted by molar-refractivity contribution is -0.139. The van der Waals surface area contributed by atoms with Gasteiger partial charge in [-0.15, -0.1) is 0 Å². The molecule has 0 N–H and O–H groups in total. The third kappa shape index (κ3) is 4.30. The molecule has 8 rings (SSSR count). The van der Waals surface area contributed by atoms with Gasteiger partial charge < -0.3 is 19.1 Å². The first-order valence-electron chi connectivity index (χ1n) is 14.7. The molecule has 0 saturated carbocycles. The van der Waals surface area contributed by atoms with Crippen molar-refractivity contribution < 1.29 is 33.4 Å². The van der Waals surface area contributed by atoms with Gasteiger partial charge in [0.05, 0.1) is 23.6 Å². The summed E-state index contributed by atoms with van der Waals surface area (Å²) in [5, 5.41) is 0. The van der Waals surface area contributed by atoms with Gasteiger partial charge >= 0.3 is 5.97 Å². The number of rotatable bonds is 5. The number of nitrogens with zero attached hydrogens (tertiary/aromatic N) is 2. The average Bonchev–Trinajstić information content (AvgIpc) is 3.57. The van der Waals surface area contributed by atoms with Crippen molar-refractivity contribution in [3.05, 3.63) is 120 Å². The Labute approximate surface area is 258 Å². The van der Waals surface area contributed by atoms with Crippen molar-refractivity contribution in [2.24, 2.45) is 11.8 Å². The lowest BCUT2D eigenvalue weighted by Gasteiger charge is -2.36. The number of amides is 2. The number of carbonyl (C=O) groups is 4. The molecule has 2 fully saturated rings. The normalized spacial score (nSPS) is 22.5. The van der Waals surface area contributed by atoms with Gasteiger partial charge in [0.15, 0.2) is 17.3 Å². The van der Waals surface area contributed by atoms with Crippen LogP contribution in [0, 0.1) is 11.8 Å². The molecule has 0 aromatic heterocycles. The minimum Gasteiger partial charge on any atom is -0.486 e. The molecule has 4 atom stereocenters. The van der Waals surface area contributed by atoms with Crippen LogP contribution in [0.25, 0.3) is 6.08 Å². The van der Waals surface area contributed by atoms with Crippen molar-refractivity contribution in [2.75, 3.05) is 23.0 Å². The number of fused-ring (bicyclic) bond motifs is 6. The Balaban J connectivity index is 1.13. The van der Waals surface area contributed by atoms with Crippen molar-refractivity contribution in [3.8, 4) is 17.2 Å². The van der Waals surface area contributed by atoms with Crippen molar-refractivity contribution in [1.82, 2.24) is 0 Å². The van der Waals surface area contributed by atoms with Crippen LogP contribution in [0.2, 0.25) is 0 Å². The lowest BCUT2D eigenvalue weighted by atomic mass is 9.89. The molecule has 4 aliphatic rings. The van der Waals surface area contributed by atoms with Crippen molar-refractivity contribution >= 4 is 41.0 Å². The minimum atomic E-state index is -1.07. The van der Waals surface area contributed by atoms with Crippen molar-refractivity contribution in [1.29, 1.82) is 0 Å². The second-order valence-corrected chi connectivity index (χ2v) is 11.3. The third-order valence-electron chi connectivity index (χ3n) is 8.81. The largest absolute Gasteiger partial charge is 0.486 e. The number of hydrogen-bond donors (Lipinski definition) is 0. The molecule has 45 heavy (non-hydrogen) atoms. The van der Waals surface area contributed by atoms with E-state index in [1.807, 2.05) is 47.4 Å². The Bertz CT molecular complexity index is 1900. The quantitative estimate of drug-likeness (QED) is 0.141. The Morgan fingerprint density at radius 3 is 2.22 bits per heavy atom. The molecule has 0 bridgehead atoms. The summed E-state index contributed by atoms with van der Waals surface area (Å²) in [7, 11) is 0. The van der Waals surface area contributed by atoms with Gasteiger partial charge in [0, 0.05) is 22.9 Å². The Kier molecular flexibility index (Phi) is 6.26. The van der Waals surface area contributed by atoms with E-state index in [9.17, 15) is 19.2 Å². The highest BCUT2D eigenvalue weighted by Gasteiger charge is 2.65. The molecule has 2 amide bonds. The highest BCUT2D eigenvalue weighted by atomic mass is 16.6. The van der Waals surface area contributed by atoms with E-state index in [0.29, 0.717) is 41.5 Å². The molecule has 9 heteroatoms. The molecular formula is C36H26N2O7. The van der Waals surface area contributed by atoms with Gasteiger partial charge in [0.2, 0.25) is 11.8 Å². The molecule has 9 nitrogen and oxygen atoms in total. The molecule has 4 unspecified atom stereocenters. The van der Waals surface area contributed by atoms with E-state index < -0.39 is 35.8 Å². The van der Waals surface area contributed by atoms with Gasteiger partial charge in [-0.3, -0.25) is 14.4 Å². The molecule has 4 aliphatic heterocycles. The maximum Gasteiger partial charge on any atom is 0.335 e. The number of hydrogen-bond acceptors (Lipinski definition) is 8. The number of carbonyl (C=O) groups excluding carboxylic acids is 4. The maximum absolute atomic E-state index is 14.2. The van der Waals surface area contributed by atoms with Gasteiger partial charge in [-0.05, 0) is 48.0 Å². The van der Waals surface area contributed by atoms with Crippen LogP contribution in [0.15, 0.2) is 103 Å². The van der Waals surface area contributed by atoms with Crippen LogP contribution in [0.5, 0.6) is 17.2 Å². The summed E-state index contributed by atoms with van der Waals surface area (Å²) >= 11 is 0. The predicted molar refractivity (Wildman–Crippen MR) is 164 cm³/mol. The highest BCUT2D eigenvalue weighted by Crippen LogP contribution is 2.50. The van der Waals surface area contributed by atoms with Crippen LogP contribution in [-0.2, 0) is 14.4 Å². The summed E-state index contributed by atoms with van der Waals surface area (Å²) in [4.78, 5) is 58.2. The number of imide groups is 1. The molecule has 2 saturated heterocycles. The van der Waals surface area contributed by atoms with E-state index in [1.54, 1.807) is 66.7 Å². The second-order valence-electron chi connectivity index (χ2n) is 11.3. The molecule has 0 aliphatic carbocycles. The summed E-state index contributed by atoms with van der Waals surface area (Å²) in [5.41, 5.74) is 2.98. The van der Waals surface area contributed by atoms with Crippen LogP contribution < -0.4 is 24.0 Å². The zero-order valence-electron chi connectivity index (χ0n) is 23.9. The van der Waals surface area contributed by atoms with Gasteiger partial charge in [0.1, 0.15) is 25.0 Å². The number of ether oxygens (including phenoxy) is 3.